The lowest BCUT2D eigenvalue weighted by Gasteiger charge is -2.07. The first kappa shape index (κ1) is 11.8. The maximum absolute atomic E-state index is 11.4. The molecule has 0 bridgehead atoms. The van der Waals surface area contributed by atoms with E-state index >= 15 is 0 Å². The van der Waals surface area contributed by atoms with Crippen LogP contribution in [0.25, 0.3) is 0 Å². The quantitative estimate of drug-likeness (QED) is 0.743. The van der Waals surface area contributed by atoms with E-state index in [1.165, 1.54) is 0 Å². The molecule has 0 aliphatic heterocycles. The summed E-state index contributed by atoms with van der Waals surface area (Å²) in [7, 11) is 0. The van der Waals surface area contributed by atoms with Crippen molar-refractivity contribution in [1.82, 2.24) is 5.32 Å². The van der Waals surface area contributed by atoms with Crippen LogP contribution < -0.4 is 11.1 Å². The standard InChI is InChI=1S/C11H18N2O2/c1-9(6-12)2-3-11(14)13-7-10-4-5-15-8-10/h4-5,8-9H,2-3,6-7,12H2,1H3,(H,13,14). The van der Waals surface area contributed by atoms with E-state index in [2.05, 4.69) is 5.32 Å². The third-order valence-electron chi connectivity index (χ3n) is 2.34. The van der Waals surface area contributed by atoms with E-state index in [0.29, 0.717) is 25.4 Å². The Morgan fingerprint density at radius 2 is 2.47 bits per heavy atom. The zero-order chi connectivity index (χ0) is 11.1. The van der Waals surface area contributed by atoms with Gasteiger partial charge in [-0.25, -0.2) is 0 Å². The highest BCUT2D eigenvalue weighted by molar-refractivity contribution is 5.75. The number of carbonyl (C=O) groups excluding carboxylic acids is 1. The van der Waals surface area contributed by atoms with Gasteiger partial charge in [-0.3, -0.25) is 4.79 Å². The number of rotatable bonds is 6. The Balaban J connectivity index is 2.14. The molecule has 0 radical (unpaired) electrons. The fourth-order valence-electron chi connectivity index (χ4n) is 1.18. The molecule has 4 nitrogen and oxygen atoms in total. The summed E-state index contributed by atoms with van der Waals surface area (Å²) in [5.41, 5.74) is 6.45. The monoisotopic (exact) mass is 210 g/mol. The number of hydrogen-bond acceptors (Lipinski definition) is 3. The number of nitrogens with one attached hydrogen (secondary N) is 1. The van der Waals surface area contributed by atoms with Crippen molar-refractivity contribution in [2.75, 3.05) is 6.54 Å². The summed E-state index contributed by atoms with van der Waals surface area (Å²) in [5.74, 6) is 0.473. The molecule has 1 aromatic heterocycles. The van der Waals surface area contributed by atoms with Gasteiger partial charge < -0.3 is 15.5 Å². The molecule has 0 spiro atoms. The van der Waals surface area contributed by atoms with E-state index in [9.17, 15) is 4.79 Å². The van der Waals surface area contributed by atoms with E-state index in [1.54, 1.807) is 12.5 Å². The summed E-state index contributed by atoms with van der Waals surface area (Å²) < 4.78 is 4.89. The van der Waals surface area contributed by atoms with Crippen molar-refractivity contribution in [3.05, 3.63) is 24.2 Å². The van der Waals surface area contributed by atoms with E-state index in [1.807, 2.05) is 13.0 Å². The van der Waals surface area contributed by atoms with Crippen LogP contribution in [0.1, 0.15) is 25.3 Å². The second-order valence-electron chi connectivity index (χ2n) is 3.79. The topological polar surface area (TPSA) is 68.3 Å². The van der Waals surface area contributed by atoms with Gasteiger partial charge in [-0.15, -0.1) is 0 Å². The Morgan fingerprint density at radius 3 is 3.07 bits per heavy atom. The fourth-order valence-corrected chi connectivity index (χ4v) is 1.18. The number of amides is 1. The molecule has 1 rings (SSSR count). The van der Waals surface area contributed by atoms with Gasteiger partial charge in [-0.05, 0) is 24.9 Å². The van der Waals surface area contributed by atoms with Crippen LogP contribution in [-0.4, -0.2) is 12.5 Å². The van der Waals surface area contributed by atoms with Gasteiger partial charge in [0, 0.05) is 18.5 Å². The van der Waals surface area contributed by atoms with Crippen molar-refractivity contribution in [3.63, 3.8) is 0 Å². The van der Waals surface area contributed by atoms with Gasteiger partial charge >= 0.3 is 0 Å². The van der Waals surface area contributed by atoms with Crippen molar-refractivity contribution >= 4 is 5.91 Å². The summed E-state index contributed by atoms with van der Waals surface area (Å²) in [6, 6.07) is 1.84. The summed E-state index contributed by atoms with van der Waals surface area (Å²) >= 11 is 0. The lowest BCUT2D eigenvalue weighted by Crippen LogP contribution is -2.23. The first-order chi connectivity index (χ1) is 7.22. The smallest absolute Gasteiger partial charge is 0.220 e. The van der Waals surface area contributed by atoms with Gasteiger partial charge in [0.2, 0.25) is 5.91 Å². The van der Waals surface area contributed by atoms with Gasteiger partial charge in [0.15, 0.2) is 0 Å². The Hall–Kier alpha value is -1.29. The summed E-state index contributed by atoms with van der Waals surface area (Å²) in [5, 5.41) is 2.82. The summed E-state index contributed by atoms with van der Waals surface area (Å²) in [4.78, 5) is 11.4. The van der Waals surface area contributed by atoms with Crippen molar-refractivity contribution in [1.29, 1.82) is 0 Å². The van der Waals surface area contributed by atoms with E-state index in [-0.39, 0.29) is 5.91 Å². The molecule has 1 aromatic rings. The minimum absolute atomic E-state index is 0.0662. The Kier molecular flexibility index (Phi) is 4.90. The SMILES string of the molecule is CC(CN)CCC(=O)NCc1ccoc1. The first-order valence-corrected chi connectivity index (χ1v) is 5.20. The summed E-state index contributed by atoms with van der Waals surface area (Å²) in [6.07, 6.45) is 4.60. The highest BCUT2D eigenvalue weighted by Crippen LogP contribution is 2.03. The number of carbonyl (C=O) groups is 1. The molecule has 0 aromatic carbocycles. The van der Waals surface area contributed by atoms with Crippen LogP contribution in [0.3, 0.4) is 0 Å². The van der Waals surface area contributed by atoms with Crippen LogP contribution in [0.15, 0.2) is 23.0 Å². The molecule has 15 heavy (non-hydrogen) atoms. The molecule has 1 unspecified atom stereocenters. The molecule has 0 saturated heterocycles. The maximum Gasteiger partial charge on any atom is 0.220 e. The van der Waals surface area contributed by atoms with Gasteiger partial charge in [-0.2, -0.15) is 0 Å². The molecule has 84 valence electrons. The molecule has 0 aliphatic carbocycles. The molecule has 1 amide bonds. The van der Waals surface area contributed by atoms with Crippen LogP contribution in [-0.2, 0) is 11.3 Å². The van der Waals surface area contributed by atoms with E-state index in [0.717, 1.165) is 12.0 Å². The lowest BCUT2D eigenvalue weighted by molar-refractivity contribution is -0.121. The molecular formula is C11H18N2O2. The molecule has 0 saturated carbocycles. The molecule has 1 heterocycles. The normalized spacial score (nSPS) is 12.4. The van der Waals surface area contributed by atoms with Gasteiger partial charge in [-0.1, -0.05) is 6.92 Å². The first-order valence-electron chi connectivity index (χ1n) is 5.20. The van der Waals surface area contributed by atoms with Crippen molar-refractivity contribution < 1.29 is 9.21 Å². The highest BCUT2D eigenvalue weighted by atomic mass is 16.3. The second kappa shape index (κ2) is 6.24. The molecular weight excluding hydrogens is 192 g/mol. The predicted octanol–water partition coefficient (Wildman–Crippen LogP) is 1.27. The number of furan rings is 1. The third-order valence-corrected chi connectivity index (χ3v) is 2.34. The average Bonchev–Trinajstić information content (AvgIpc) is 2.75. The average molecular weight is 210 g/mol. The number of nitrogens with two attached hydrogens (primary N) is 1. The minimum Gasteiger partial charge on any atom is -0.472 e. The number of hydrogen-bond donors (Lipinski definition) is 2. The van der Waals surface area contributed by atoms with Crippen molar-refractivity contribution in [2.45, 2.75) is 26.3 Å². The van der Waals surface area contributed by atoms with Crippen LogP contribution in [0.2, 0.25) is 0 Å². The van der Waals surface area contributed by atoms with Gasteiger partial charge in [0.1, 0.15) is 0 Å². The molecule has 0 aliphatic rings. The van der Waals surface area contributed by atoms with Crippen LogP contribution in [0.5, 0.6) is 0 Å². The van der Waals surface area contributed by atoms with Gasteiger partial charge in [0.25, 0.3) is 0 Å². The highest BCUT2D eigenvalue weighted by Gasteiger charge is 2.05. The molecule has 4 heteroatoms. The molecule has 0 fully saturated rings. The predicted molar refractivity (Wildman–Crippen MR) is 58.0 cm³/mol. The Labute approximate surface area is 89.8 Å². The molecule has 3 N–H and O–H groups in total. The largest absolute Gasteiger partial charge is 0.472 e. The Morgan fingerprint density at radius 1 is 1.67 bits per heavy atom. The zero-order valence-electron chi connectivity index (χ0n) is 9.03. The zero-order valence-corrected chi connectivity index (χ0v) is 9.03. The van der Waals surface area contributed by atoms with E-state index in [4.69, 9.17) is 10.2 Å². The van der Waals surface area contributed by atoms with Crippen molar-refractivity contribution in [2.24, 2.45) is 11.7 Å². The minimum atomic E-state index is 0.0662. The van der Waals surface area contributed by atoms with Crippen LogP contribution >= 0.6 is 0 Å². The second-order valence-corrected chi connectivity index (χ2v) is 3.79. The van der Waals surface area contributed by atoms with Crippen LogP contribution in [0.4, 0.5) is 0 Å². The summed E-state index contributed by atoms with van der Waals surface area (Å²) in [6.45, 7) is 3.21. The van der Waals surface area contributed by atoms with E-state index < -0.39 is 0 Å². The lowest BCUT2D eigenvalue weighted by atomic mass is 10.1. The van der Waals surface area contributed by atoms with Crippen LogP contribution in [0, 0.1) is 5.92 Å². The van der Waals surface area contributed by atoms with Crippen molar-refractivity contribution in [3.8, 4) is 0 Å². The molecule has 1 atom stereocenters. The third kappa shape index (κ3) is 4.65. The maximum atomic E-state index is 11.4. The Bertz CT molecular complexity index is 283. The fraction of sp³-hybridized carbons (Fsp3) is 0.545. The van der Waals surface area contributed by atoms with Gasteiger partial charge in [0.05, 0.1) is 12.5 Å².